The first-order valence-corrected chi connectivity index (χ1v) is 5.50. The number of esters is 2. The fraction of sp³-hybridized carbons (Fsp3) is 0.818. The minimum atomic E-state index is -1.01. The molecule has 0 fully saturated rings. The zero-order valence-corrected chi connectivity index (χ0v) is 10.4. The summed E-state index contributed by atoms with van der Waals surface area (Å²) in [5, 5.41) is 18.8. The molecule has 0 bridgehead atoms. The van der Waals surface area contributed by atoms with Gasteiger partial charge in [0.15, 0.2) is 0 Å². The highest BCUT2D eigenvalue weighted by Crippen LogP contribution is 2.05. The molecule has 0 heterocycles. The van der Waals surface area contributed by atoms with E-state index in [1.54, 1.807) is 13.8 Å². The molecular formula is C11H20O6. The Morgan fingerprint density at radius 1 is 1.18 bits per heavy atom. The van der Waals surface area contributed by atoms with Crippen LogP contribution in [0.1, 0.15) is 33.6 Å². The fourth-order valence-electron chi connectivity index (χ4n) is 1.18. The predicted molar refractivity (Wildman–Crippen MR) is 59.1 cm³/mol. The van der Waals surface area contributed by atoms with E-state index in [1.165, 1.54) is 6.92 Å². The summed E-state index contributed by atoms with van der Waals surface area (Å²) in [6.07, 6.45) is -2.45. The van der Waals surface area contributed by atoms with Crippen LogP contribution in [0.2, 0.25) is 0 Å². The Balaban J connectivity index is 3.80. The van der Waals surface area contributed by atoms with Crippen LogP contribution in [0.5, 0.6) is 0 Å². The van der Waals surface area contributed by atoms with Gasteiger partial charge in [-0.25, -0.2) is 0 Å². The standard InChI is InChI=1S/C11H20O6/c1-7(2)17-11(15)5-9(13)4-10(14)6-16-8(3)12/h7,9-10,13-14H,4-6H2,1-3H3/t9-,10+/m1/s1. The monoisotopic (exact) mass is 248 g/mol. The van der Waals surface area contributed by atoms with Gasteiger partial charge in [-0.1, -0.05) is 0 Å². The molecule has 0 rings (SSSR count). The van der Waals surface area contributed by atoms with Gasteiger partial charge in [-0.2, -0.15) is 0 Å². The lowest BCUT2D eigenvalue weighted by molar-refractivity contribution is -0.151. The Morgan fingerprint density at radius 3 is 2.24 bits per heavy atom. The van der Waals surface area contributed by atoms with Gasteiger partial charge in [0.25, 0.3) is 0 Å². The van der Waals surface area contributed by atoms with E-state index >= 15 is 0 Å². The van der Waals surface area contributed by atoms with E-state index in [0.29, 0.717) is 0 Å². The zero-order valence-electron chi connectivity index (χ0n) is 10.4. The third-order valence-electron chi connectivity index (χ3n) is 1.79. The maximum absolute atomic E-state index is 11.2. The van der Waals surface area contributed by atoms with Crippen LogP contribution in [-0.4, -0.2) is 47.1 Å². The molecule has 0 radical (unpaired) electrons. The average Bonchev–Trinajstić information content (AvgIpc) is 2.12. The molecule has 0 saturated carbocycles. The zero-order chi connectivity index (χ0) is 13.4. The molecule has 0 aliphatic heterocycles. The fourth-order valence-corrected chi connectivity index (χ4v) is 1.18. The van der Waals surface area contributed by atoms with Gasteiger partial charge in [-0.05, 0) is 13.8 Å². The lowest BCUT2D eigenvalue weighted by atomic mass is 10.1. The molecule has 0 spiro atoms. The molecule has 0 amide bonds. The molecule has 17 heavy (non-hydrogen) atoms. The maximum Gasteiger partial charge on any atom is 0.308 e. The Bertz CT molecular complexity index is 250. The van der Waals surface area contributed by atoms with Gasteiger partial charge in [0.05, 0.1) is 24.7 Å². The normalized spacial score (nSPS) is 14.2. The molecule has 6 heteroatoms. The van der Waals surface area contributed by atoms with Crippen LogP contribution >= 0.6 is 0 Å². The Kier molecular flexibility index (Phi) is 7.49. The van der Waals surface area contributed by atoms with Crippen LogP contribution in [-0.2, 0) is 19.1 Å². The maximum atomic E-state index is 11.2. The Labute approximate surface area is 101 Å². The number of ether oxygens (including phenoxy) is 2. The van der Waals surface area contributed by atoms with E-state index in [4.69, 9.17) is 4.74 Å². The summed E-state index contributed by atoms with van der Waals surface area (Å²) < 4.78 is 9.39. The summed E-state index contributed by atoms with van der Waals surface area (Å²) >= 11 is 0. The lowest BCUT2D eigenvalue weighted by Crippen LogP contribution is -2.26. The van der Waals surface area contributed by atoms with E-state index in [1.807, 2.05) is 0 Å². The van der Waals surface area contributed by atoms with Crippen molar-refractivity contribution < 1.29 is 29.3 Å². The molecule has 2 atom stereocenters. The van der Waals surface area contributed by atoms with Crippen molar-refractivity contribution in [3.63, 3.8) is 0 Å². The predicted octanol–water partition coefficient (Wildman–Crippen LogP) is 0.00310. The van der Waals surface area contributed by atoms with Gasteiger partial charge < -0.3 is 19.7 Å². The highest BCUT2D eigenvalue weighted by atomic mass is 16.5. The third kappa shape index (κ3) is 9.77. The first kappa shape index (κ1) is 15.9. The van der Waals surface area contributed by atoms with Crippen molar-refractivity contribution in [2.75, 3.05) is 6.61 Å². The molecular weight excluding hydrogens is 228 g/mol. The van der Waals surface area contributed by atoms with Crippen LogP contribution in [0.4, 0.5) is 0 Å². The quantitative estimate of drug-likeness (QED) is 0.616. The molecule has 6 nitrogen and oxygen atoms in total. The topological polar surface area (TPSA) is 93.1 Å². The number of aliphatic hydroxyl groups excluding tert-OH is 2. The van der Waals surface area contributed by atoms with E-state index in [9.17, 15) is 19.8 Å². The van der Waals surface area contributed by atoms with E-state index in [-0.39, 0.29) is 25.6 Å². The summed E-state index contributed by atoms with van der Waals surface area (Å²) in [7, 11) is 0. The van der Waals surface area contributed by atoms with Crippen LogP contribution in [0.3, 0.4) is 0 Å². The van der Waals surface area contributed by atoms with Crippen molar-refractivity contribution in [2.45, 2.75) is 51.9 Å². The molecule has 100 valence electrons. The summed E-state index contributed by atoms with van der Waals surface area (Å²) in [5.74, 6) is -1.02. The van der Waals surface area contributed by atoms with Crippen LogP contribution in [0.25, 0.3) is 0 Å². The molecule has 0 aromatic rings. The smallest absolute Gasteiger partial charge is 0.308 e. The highest BCUT2D eigenvalue weighted by molar-refractivity contribution is 5.70. The molecule has 0 unspecified atom stereocenters. The van der Waals surface area contributed by atoms with Crippen molar-refractivity contribution in [2.24, 2.45) is 0 Å². The number of rotatable bonds is 7. The minimum Gasteiger partial charge on any atom is -0.463 e. The summed E-state index contributed by atoms with van der Waals surface area (Å²) in [6.45, 7) is 4.45. The number of carbonyl (C=O) groups excluding carboxylic acids is 2. The van der Waals surface area contributed by atoms with Crippen molar-refractivity contribution in [1.29, 1.82) is 0 Å². The first-order chi connectivity index (χ1) is 7.81. The van der Waals surface area contributed by atoms with E-state index in [2.05, 4.69) is 4.74 Å². The van der Waals surface area contributed by atoms with Crippen LogP contribution in [0.15, 0.2) is 0 Å². The van der Waals surface area contributed by atoms with E-state index in [0.717, 1.165) is 0 Å². The second-order valence-corrected chi connectivity index (χ2v) is 4.09. The van der Waals surface area contributed by atoms with Gasteiger partial charge in [-0.15, -0.1) is 0 Å². The number of hydrogen-bond donors (Lipinski definition) is 2. The SMILES string of the molecule is CC(=O)OC[C@@H](O)C[C@@H](O)CC(=O)OC(C)C. The van der Waals surface area contributed by atoms with Crippen molar-refractivity contribution in [3.05, 3.63) is 0 Å². The van der Waals surface area contributed by atoms with Gasteiger partial charge in [0, 0.05) is 13.3 Å². The number of hydrogen-bond acceptors (Lipinski definition) is 6. The van der Waals surface area contributed by atoms with Crippen molar-refractivity contribution in [1.82, 2.24) is 0 Å². The summed E-state index contributed by atoms with van der Waals surface area (Å²) in [6, 6.07) is 0. The molecule has 0 aromatic heterocycles. The Morgan fingerprint density at radius 2 is 1.76 bits per heavy atom. The summed E-state index contributed by atoms with van der Waals surface area (Å²) in [5.41, 5.74) is 0. The van der Waals surface area contributed by atoms with E-state index < -0.39 is 24.1 Å². The molecule has 0 aromatic carbocycles. The molecule has 0 saturated heterocycles. The largest absolute Gasteiger partial charge is 0.463 e. The third-order valence-corrected chi connectivity index (χ3v) is 1.79. The van der Waals surface area contributed by atoms with Crippen LogP contribution in [0, 0.1) is 0 Å². The number of aliphatic hydroxyl groups is 2. The second-order valence-electron chi connectivity index (χ2n) is 4.09. The summed E-state index contributed by atoms with van der Waals surface area (Å²) in [4.78, 5) is 21.6. The second kappa shape index (κ2) is 8.03. The molecule has 2 N–H and O–H groups in total. The van der Waals surface area contributed by atoms with Gasteiger partial charge in [0.1, 0.15) is 6.61 Å². The van der Waals surface area contributed by atoms with Gasteiger partial charge in [0.2, 0.25) is 0 Å². The minimum absolute atomic E-state index is 0.0412. The lowest BCUT2D eigenvalue weighted by Gasteiger charge is -2.15. The van der Waals surface area contributed by atoms with Gasteiger partial charge in [-0.3, -0.25) is 9.59 Å². The van der Waals surface area contributed by atoms with Crippen LogP contribution < -0.4 is 0 Å². The van der Waals surface area contributed by atoms with Crippen molar-refractivity contribution in [3.8, 4) is 0 Å². The molecule has 0 aliphatic carbocycles. The Hall–Kier alpha value is -1.14. The van der Waals surface area contributed by atoms with Crippen molar-refractivity contribution >= 4 is 11.9 Å². The average molecular weight is 248 g/mol. The first-order valence-electron chi connectivity index (χ1n) is 5.50. The molecule has 0 aliphatic rings. The number of carbonyl (C=O) groups is 2. The highest BCUT2D eigenvalue weighted by Gasteiger charge is 2.17. The van der Waals surface area contributed by atoms with Gasteiger partial charge >= 0.3 is 11.9 Å².